The van der Waals surface area contributed by atoms with Crippen molar-refractivity contribution in [1.82, 2.24) is 9.80 Å². The summed E-state index contributed by atoms with van der Waals surface area (Å²) < 4.78 is 0. The van der Waals surface area contributed by atoms with E-state index in [1.54, 1.807) is 13.8 Å². The van der Waals surface area contributed by atoms with Gasteiger partial charge < -0.3 is 9.80 Å². The van der Waals surface area contributed by atoms with Crippen LogP contribution in [0.5, 0.6) is 0 Å². The predicted octanol–water partition coefficient (Wildman–Crippen LogP) is 1.09. The van der Waals surface area contributed by atoms with E-state index in [0.29, 0.717) is 0 Å². The molecule has 0 saturated carbocycles. The standard InChI is InChI=1S/C12H21N3O/c1-12(2,9-13)11(16)15-7-5-6-10(15)8-14(3)4/h10H,5-8H2,1-4H3. The first-order chi connectivity index (χ1) is 7.38. The Balaban J connectivity index is 2.73. The van der Waals surface area contributed by atoms with Gasteiger partial charge in [0.1, 0.15) is 5.41 Å². The molecule has 0 radical (unpaired) electrons. The molecule has 1 unspecified atom stereocenters. The predicted molar refractivity (Wildman–Crippen MR) is 62.7 cm³/mol. The fraction of sp³-hybridized carbons (Fsp3) is 0.833. The minimum absolute atomic E-state index is 0.0284. The van der Waals surface area contributed by atoms with E-state index in [4.69, 9.17) is 5.26 Å². The molecule has 4 nitrogen and oxygen atoms in total. The molecule has 1 rings (SSSR count). The number of likely N-dealkylation sites (N-methyl/N-ethyl adjacent to an activating group) is 1. The van der Waals surface area contributed by atoms with Gasteiger partial charge in [0.05, 0.1) is 6.07 Å². The van der Waals surface area contributed by atoms with Crippen molar-refractivity contribution in [1.29, 1.82) is 5.26 Å². The second-order valence-corrected chi connectivity index (χ2v) is 5.29. The highest BCUT2D eigenvalue weighted by Crippen LogP contribution is 2.25. The molecule has 0 spiro atoms. The fourth-order valence-electron chi connectivity index (χ4n) is 2.12. The lowest BCUT2D eigenvalue weighted by Crippen LogP contribution is -2.46. The van der Waals surface area contributed by atoms with Crippen molar-refractivity contribution in [3.8, 4) is 6.07 Å². The van der Waals surface area contributed by atoms with Crippen LogP contribution in [-0.4, -0.2) is 48.9 Å². The summed E-state index contributed by atoms with van der Waals surface area (Å²) >= 11 is 0. The van der Waals surface area contributed by atoms with Gasteiger partial charge in [-0.05, 0) is 40.8 Å². The van der Waals surface area contributed by atoms with Gasteiger partial charge >= 0.3 is 0 Å². The summed E-state index contributed by atoms with van der Waals surface area (Å²) in [6, 6.07) is 2.36. The van der Waals surface area contributed by atoms with Gasteiger partial charge in [0.25, 0.3) is 0 Å². The van der Waals surface area contributed by atoms with E-state index in [1.807, 2.05) is 19.0 Å². The monoisotopic (exact) mass is 223 g/mol. The van der Waals surface area contributed by atoms with E-state index in [2.05, 4.69) is 11.0 Å². The van der Waals surface area contributed by atoms with Crippen molar-refractivity contribution in [2.24, 2.45) is 5.41 Å². The number of likely N-dealkylation sites (tertiary alicyclic amines) is 1. The molecule has 16 heavy (non-hydrogen) atoms. The Labute approximate surface area is 97.8 Å². The van der Waals surface area contributed by atoms with Gasteiger partial charge in [-0.3, -0.25) is 4.79 Å². The van der Waals surface area contributed by atoms with Crippen molar-refractivity contribution in [2.75, 3.05) is 27.2 Å². The number of nitriles is 1. The smallest absolute Gasteiger partial charge is 0.242 e. The largest absolute Gasteiger partial charge is 0.337 e. The number of amides is 1. The number of rotatable bonds is 3. The van der Waals surface area contributed by atoms with Crippen molar-refractivity contribution in [2.45, 2.75) is 32.7 Å². The van der Waals surface area contributed by atoms with E-state index in [-0.39, 0.29) is 11.9 Å². The zero-order valence-corrected chi connectivity index (χ0v) is 10.7. The van der Waals surface area contributed by atoms with E-state index in [0.717, 1.165) is 25.9 Å². The van der Waals surface area contributed by atoms with E-state index >= 15 is 0 Å². The van der Waals surface area contributed by atoms with Crippen molar-refractivity contribution in [3.63, 3.8) is 0 Å². The Morgan fingerprint density at radius 2 is 2.19 bits per heavy atom. The number of hydrogen-bond donors (Lipinski definition) is 0. The maximum atomic E-state index is 12.2. The van der Waals surface area contributed by atoms with Gasteiger partial charge in [0.2, 0.25) is 5.91 Å². The molecule has 1 aliphatic rings. The lowest BCUT2D eigenvalue weighted by atomic mass is 9.93. The highest BCUT2D eigenvalue weighted by atomic mass is 16.2. The quantitative estimate of drug-likeness (QED) is 0.719. The Hall–Kier alpha value is -1.08. The zero-order chi connectivity index (χ0) is 12.3. The zero-order valence-electron chi connectivity index (χ0n) is 10.7. The van der Waals surface area contributed by atoms with Crippen molar-refractivity contribution in [3.05, 3.63) is 0 Å². The molecule has 1 amide bonds. The van der Waals surface area contributed by atoms with Crippen LogP contribution in [0.3, 0.4) is 0 Å². The molecule has 1 heterocycles. The summed E-state index contributed by atoms with van der Waals surface area (Å²) in [4.78, 5) is 16.1. The third-order valence-corrected chi connectivity index (χ3v) is 3.03. The Kier molecular flexibility index (Phi) is 3.93. The van der Waals surface area contributed by atoms with Crippen LogP contribution in [0, 0.1) is 16.7 Å². The molecule has 90 valence electrons. The summed E-state index contributed by atoms with van der Waals surface area (Å²) in [5.74, 6) is -0.0284. The van der Waals surface area contributed by atoms with E-state index in [9.17, 15) is 4.79 Å². The third-order valence-electron chi connectivity index (χ3n) is 3.03. The van der Waals surface area contributed by atoms with Crippen LogP contribution < -0.4 is 0 Å². The molecule has 0 aliphatic carbocycles. The van der Waals surface area contributed by atoms with Crippen LogP contribution in [0.15, 0.2) is 0 Å². The van der Waals surface area contributed by atoms with Gasteiger partial charge in [-0.25, -0.2) is 0 Å². The van der Waals surface area contributed by atoms with Gasteiger partial charge in [-0.1, -0.05) is 0 Å². The van der Waals surface area contributed by atoms with Crippen LogP contribution in [-0.2, 0) is 4.79 Å². The lowest BCUT2D eigenvalue weighted by Gasteiger charge is -2.31. The second-order valence-electron chi connectivity index (χ2n) is 5.29. The molecule has 1 fully saturated rings. The first-order valence-corrected chi connectivity index (χ1v) is 5.75. The van der Waals surface area contributed by atoms with Crippen molar-refractivity contribution < 1.29 is 4.79 Å². The molecule has 1 aliphatic heterocycles. The van der Waals surface area contributed by atoms with Crippen LogP contribution in [0.25, 0.3) is 0 Å². The Morgan fingerprint density at radius 1 is 1.56 bits per heavy atom. The van der Waals surface area contributed by atoms with Gasteiger partial charge in [0, 0.05) is 19.1 Å². The topological polar surface area (TPSA) is 47.3 Å². The minimum atomic E-state index is -0.894. The molecular weight excluding hydrogens is 202 g/mol. The molecular formula is C12H21N3O. The van der Waals surface area contributed by atoms with Crippen molar-refractivity contribution >= 4 is 5.91 Å². The Bertz CT molecular complexity index is 304. The number of nitrogens with zero attached hydrogens (tertiary/aromatic N) is 3. The average Bonchev–Trinajstić information content (AvgIpc) is 2.63. The average molecular weight is 223 g/mol. The molecule has 1 saturated heterocycles. The molecule has 4 heteroatoms. The van der Waals surface area contributed by atoms with Gasteiger partial charge in [-0.2, -0.15) is 5.26 Å². The highest BCUT2D eigenvalue weighted by molar-refractivity contribution is 5.85. The lowest BCUT2D eigenvalue weighted by molar-refractivity contribution is -0.138. The third kappa shape index (κ3) is 2.73. The van der Waals surface area contributed by atoms with Crippen LogP contribution in [0.2, 0.25) is 0 Å². The number of hydrogen-bond acceptors (Lipinski definition) is 3. The summed E-state index contributed by atoms with van der Waals surface area (Å²) in [6.07, 6.45) is 2.09. The first kappa shape index (κ1) is 13.0. The van der Waals surface area contributed by atoms with Gasteiger partial charge in [-0.15, -0.1) is 0 Å². The summed E-state index contributed by atoms with van der Waals surface area (Å²) in [5, 5.41) is 8.99. The number of carbonyl (C=O) groups excluding carboxylic acids is 1. The summed E-state index contributed by atoms with van der Waals surface area (Å²) in [7, 11) is 4.02. The van der Waals surface area contributed by atoms with Crippen LogP contribution >= 0.6 is 0 Å². The molecule has 1 atom stereocenters. The Morgan fingerprint density at radius 3 is 2.69 bits per heavy atom. The SMILES string of the molecule is CN(C)CC1CCCN1C(=O)C(C)(C)C#N. The maximum Gasteiger partial charge on any atom is 0.242 e. The summed E-state index contributed by atoms with van der Waals surface area (Å²) in [6.45, 7) is 5.07. The van der Waals surface area contributed by atoms with E-state index in [1.165, 1.54) is 0 Å². The maximum absolute atomic E-state index is 12.2. The summed E-state index contributed by atoms with van der Waals surface area (Å²) in [5.41, 5.74) is -0.894. The first-order valence-electron chi connectivity index (χ1n) is 5.75. The second kappa shape index (κ2) is 4.84. The van der Waals surface area contributed by atoms with Crippen LogP contribution in [0.4, 0.5) is 0 Å². The minimum Gasteiger partial charge on any atom is -0.337 e. The molecule has 0 aromatic heterocycles. The molecule has 0 aromatic rings. The van der Waals surface area contributed by atoms with E-state index < -0.39 is 5.41 Å². The number of carbonyl (C=O) groups is 1. The molecule has 0 bridgehead atoms. The van der Waals surface area contributed by atoms with Crippen LogP contribution in [0.1, 0.15) is 26.7 Å². The fourth-order valence-corrected chi connectivity index (χ4v) is 2.12. The normalized spacial score (nSPS) is 21.2. The highest BCUT2D eigenvalue weighted by Gasteiger charge is 2.37. The molecule has 0 aromatic carbocycles. The van der Waals surface area contributed by atoms with Gasteiger partial charge in [0.15, 0.2) is 0 Å². The molecule has 0 N–H and O–H groups in total.